The van der Waals surface area contributed by atoms with E-state index in [9.17, 15) is 9.59 Å². The van der Waals surface area contributed by atoms with Crippen molar-refractivity contribution >= 4 is 11.8 Å². The van der Waals surface area contributed by atoms with Crippen LogP contribution < -0.4 is 5.32 Å². The summed E-state index contributed by atoms with van der Waals surface area (Å²) in [7, 11) is 0. The number of nitrogens with one attached hydrogen (secondary N) is 1. The van der Waals surface area contributed by atoms with Crippen LogP contribution in [0, 0.1) is 12.3 Å². The quantitative estimate of drug-likeness (QED) is 0.574. The van der Waals surface area contributed by atoms with Crippen molar-refractivity contribution in [2.24, 2.45) is 0 Å². The lowest BCUT2D eigenvalue weighted by Gasteiger charge is -2.26. The van der Waals surface area contributed by atoms with Gasteiger partial charge in [0.1, 0.15) is 0 Å². The number of piperazine rings is 1. The van der Waals surface area contributed by atoms with E-state index in [4.69, 9.17) is 6.42 Å². The fourth-order valence-corrected chi connectivity index (χ4v) is 1.19. The van der Waals surface area contributed by atoms with Crippen LogP contribution in [0.5, 0.6) is 0 Å². The Morgan fingerprint density at radius 2 is 2.46 bits per heavy atom. The van der Waals surface area contributed by atoms with Crippen LogP contribution in [0.1, 0.15) is 12.8 Å². The molecule has 0 atom stereocenters. The number of carbonyl (C=O) groups excluding carboxylic acids is 2. The maximum atomic E-state index is 11.4. The van der Waals surface area contributed by atoms with Crippen molar-refractivity contribution in [1.29, 1.82) is 0 Å². The summed E-state index contributed by atoms with van der Waals surface area (Å²) in [5, 5.41) is 2.65. The minimum Gasteiger partial charge on any atom is -0.353 e. The van der Waals surface area contributed by atoms with Gasteiger partial charge in [-0.15, -0.1) is 12.3 Å². The van der Waals surface area contributed by atoms with Gasteiger partial charge in [0.2, 0.25) is 11.8 Å². The molecule has 0 unspecified atom stereocenters. The summed E-state index contributed by atoms with van der Waals surface area (Å²) >= 11 is 0. The molecule has 0 radical (unpaired) electrons. The molecule has 1 saturated heterocycles. The molecule has 4 nitrogen and oxygen atoms in total. The molecule has 0 aliphatic carbocycles. The molecule has 1 fully saturated rings. The second kappa shape index (κ2) is 4.51. The van der Waals surface area contributed by atoms with E-state index < -0.39 is 0 Å². The van der Waals surface area contributed by atoms with E-state index in [1.807, 2.05) is 0 Å². The van der Waals surface area contributed by atoms with Crippen LogP contribution >= 0.6 is 0 Å². The first kappa shape index (κ1) is 9.59. The van der Waals surface area contributed by atoms with E-state index in [2.05, 4.69) is 11.2 Å². The Bertz CT molecular complexity index is 255. The summed E-state index contributed by atoms with van der Waals surface area (Å²) in [6.45, 7) is 1.30. The second-order valence-corrected chi connectivity index (χ2v) is 2.87. The Hall–Kier alpha value is -1.50. The van der Waals surface area contributed by atoms with Gasteiger partial charge in [0.25, 0.3) is 0 Å². The minimum atomic E-state index is -0.0969. The average molecular weight is 180 g/mol. The van der Waals surface area contributed by atoms with Crippen molar-refractivity contribution in [2.75, 3.05) is 19.6 Å². The van der Waals surface area contributed by atoms with Crippen molar-refractivity contribution in [3.05, 3.63) is 0 Å². The van der Waals surface area contributed by atoms with Crippen molar-refractivity contribution in [3.8, 4) is 12.3 Å². The SMILES string of the molecule is C#CCCC(=O)N1CCNC(=O)C1. The molecule has 1 N–H and O–H groups in total. The zero-order valence-corrected chi connectivity index (χ0v) is 7.38. The van der Waals surface area contributed by atoms with Crippen LogP contribution in [0.4, 0.5) is 0 Å². The highest BCUT2D eigenvalue weighted by molar-refractivity contribution is 5.85. The minimum absolute atomic E-state index is 0.0344. The van der Waals surface area contributed by atoms with Gasteiger partial charge in [0, 0.05) is 25.9 Å². The molecule has 0 aromatic heterocycles. The van der Waals surface area contributed by atoms with E-state index >= 15 is 0 Å². The van der Waals surface area contributed by atoms with Crippen molar-refractivity contribution < 1.29 is 9.59 Å². The maximum Gasteiger partial charge on any atom is 0.239 e. The van der Waals surface area contributed by atoms with E-state index in [-0.39, 0.29) is 18.4 Å². The largest absolute Gasteiger partial charge is 0.353 e. The van der Waals surface area contributed by atoms with Gasteiger partial charge >= 0.3 is 0 Å². The van der Waals surface area contributed by atoms with Crippen LogP contribution in [0.3, 0.4) is 0 Å². The van der Waals surface area contributed by atoms with E-state index in [1.165, 1.54) is 4.90 Å². The third-order valence-corrected chi connectivity index (χ3v) is 1.87. The Kier molecular flexibility index (Phi) is 3.32. The zero-order valence-electron chi connectivity index (χ0n) is 7.38. The lowest BCUT2D eigenvalue weighted by molar-refractivity contribution is -0.138. The van der Waals surface area contributed by atoms with Crippen LogP contribution in [-0.2, 0) is 9.59 Å². The van der Waals surface area contributed by atoms with Gasteiger partial charge in [-0.2, -0.15) is 0 Å². The predicted molar refractivity (Wildman–Crippen MR) is 47.7 cm³/mol. The third-order valence-electron chi connectivity index (χ3n) is 1.87. The van der Waals surface area contributed by atoms with Crippen molar-refractivity contribution in [3.63, 3.8) is 0 Å². The molecular formula is C9H12N2O2. The molecule has 1 heterocycles. The third kappa shape index (κ3) is 2.79. The highest BCUT2D eigenvalue weighted by atomic mass is 16.2. The van der Waals surface area contributed by atoms with Crippen LogP contribution in [-0.4, -0.2) is 36.3 Å². The summed E-state index contributed by atoms with van der Waals surface area (Å²) in [6.07, 6.45) is 5.81. The molecule has 0 spiro atoms. The highest BCUT2D eigenvalue weighted by Crippen LogP contribution is 1.99. The van der Waals surface area contributed by atoms with Gasteiger partial charge in [-0.3, -0.25) is 9.59 Å². The van der Waals surface area contributed by atoms with Gasteiger partial charge in [-0.25, -0.2) is 0 Å². The topological polar surface area (TPSA) is 49.4 Å². The molecular weight excluding hydrogens is 168 g/mol. The molecule has 2 amide bonds. The van der Waals surface area contributed by atoms with Crippen LogP contribution in [0.25, 0.3) is 0 Å². The van der Waals surface area contributed by atoms with E-state index in [0.717, 1.165) is 0 Å². The molecule has 0 bridgehead atoms. The lowest BCUT2D eigenvalue weighted by atomic mass is 10.2. The Morgan fingerprint density at radius 3 is 3.08 bits per heavy atom. The smallest absolute Gasteiger partial charge is 0.239 e. The average Bonchev–Trinajstić information content (AvgIpc) is 2.14. The number of nitrogens with zero attached hydrogens (tertiary/aromatic N) is 1. The van der Waals surface area contributed by atoms with Gasteiger partial charge in [0.15, 0.2) is 0 Å². The van der Waals surface area contributed by atoms with E-state index in [0.29, 0.717) is 25.9 Å². The van der Waals surface area contributed by atoms with Gasteiger partial charge < -0.3 is 10.2 Å². The monoisotopic (exact) mass is 180 g/mol. The molecule has 0 aromatic carbocycles. The first-order chi connectivity index (χ1) is 6.24. The van der Waals surface area contributed by atoms with Crippen molar-refractivity contribution in [1.82, 2.24) is 10.2 Å². The molecule has 13 heavy (non-hydrogen) atoms. The number of hydrogen-bond donors (Lipinski definition) is 1. The molecule has 70 valence electrons. The molecule has 4 heteroatoms. The predicted octanol–water partition coefficient (Wildman–Crippen LogP) is -0.642. The summed E-state index contributed by atoms with van der Waals surface area (Å²) in [4.78, 5) is 23.8. The first-order valence-corrected chi connectivity index (χ1v) is 4.22. The molecule has 1 aliphatic rings. The maximum absolute atomic E-state index is 11.4. The number of rotatable bonds is 2. The number of hydrogen-bond acceptors (Lipinski definition) is 2. The zero-order chi connectivity index (χ0) is 9.68. The van der Waals surface area contributed by atoms with Crippen LogP contribution in [0.15, 0.2) is 0 Å². The molecule has 0 saturated carbocycles. The lowest BCUT2D eigenvalue weighted by Crippen LogP contribution is -2.49. The Morgan fingerprint density at radius 1 is 1.69 bits per heavy atom. The Balaban J connectivity index is 2.38. The number of carbonyl (C=O) groups is 2. The standard InChI is InChI=1S/C9H12N2O2/c1-2-3-4-9(13)11-6-5-10-8(12)7-11/h1H,3-7H2,(H,10,12). The second-order valence-electron chi connectivity index (χ2n) is 2.87. The summed E-state index contributed by atoms with van der Waals surface area (Å²) < 4.78 is 0. The highest BCUT2D eigenvalue weighted by Gasteiger charge is 2.19. The fourth-order valence-electron chi connectivity index (χ4n) is 1.19. The van der Waals surface area contributed by atoms with Crippen LogP contribution in [0.2, 0.25) is 0 Å². The summed E-state index contributed by atoms with van der Waals surface area (Å²) in [5.74, 6) is 2.27. The number of terminal acetylenes is 1. The Labute approximate surface area is 77.3 Å². The summed E-state index contributed by atoms with van der Waals surface area (Å²) in [5.41, 5.74) is 0. The summed E-state index contributed by atoms with van der Waals surface area (Å²) in [6, 6.07) is 0. The van der Waals surface area contributed by atoms with E-state index in [1.54, 1.807) is 0 Å². The normalized spacial score (nSPS) is 16.2. The van der Waals surface area contributed by atoms with Crippen molar-refractivity contribution in [2.45, 2.75) is 12.8 Å². The molecule has 1 aliphatic heterocycles. The molecule has 0 aromatic rings. The first-order valence-electron chi connectivity index (χ1n) is 4.22. The fraction of sp³-hybridized carbons (Fsp3) is 0.556. The number of amides is 2. The molecule has 1 rings (SSSR count). The van der Waals surface area contributed by atoms with Gasteiger partial charge in [-0.1, -0.05) is 0 Å². The van der Waals surface area contributed by atoms with Gasteiger partial charge in [-0.05, 0) is 0 Å². The van der Waals surface area contributed by atoms with Gasteiger partial charge in [0.05, 0.1) is 6.54 Å².